The molecular formula is C22H27N3O3. The van der Waals surface area contributed by atoms with Crippen LogP contribution in [-0.2, 0) is 9.59 Å². The van der Waals surface area contributed by atoms with Gasteiger partial charge in [0.2, 0.25) is 11.8 Å². The zero-order chi connectivity index (χ0) is 19.9. The Labute approximate surface area is 166 Å². The van der Waals surface area contributed by atoms with Crippen LogP contribution in [0.2, 0.25) is 0 Å². The Bertz CT molecular complexity index is 792. The molecule has 6 nitrogen and oxygen atoms in total. The monoisotopic (exact) mass is 381 g/mol. The van der Waals surface area contributed by atoms with E-state index in [-0.39, 0.29) is 24.2 Å². The molecule has 1 saturated heterocycles. The molecule has 0 radical (unpaired) electrons. The van der Waals surface area contributed by atoms with E-state index in [4.69, 9.17) is 4.74 Å². The van der Waals surface area contributed by atoms with E-state index in [0.717, 1.165) is 30.1 Å². The second-order valence-corrected chi connectivity index (χ2v) is 7.01. The van der Waals surface area contributed by atoms with Crippen molar-refractivity contribution >= 4 is 23.2 Å². The van der Waals surface area contributed by atoms with Gasteiger partial charge in [0, 0.05) is 44.5 Å². The minimum absolute atomic E-state index is 0.0193. The first-order chi connectivity index (χ1) is 13.6. The lowest BCUT2D eigenvalue weighted by atomic mass is 10.1. The number of nitrogens with zero attached hydrogens (tertiary/aromatic N) is 2. The van der Waals surface area contributed by atoms with Gasteiger partial charge in [0.25, 0.3) is 0 Å². The van der Waals surface area contributed by atoms with Crippen molar-refractivity contribution in [2.75, 3.05) is 43.6 Å². The summed E-state index contributed by atoms with van der Waals surface area (Å²) in [5, 5.41) is 2.98. The minimum Gasteiger partial charge on any atom is -0.497 e. The van der Waals surface area contributed by atoms with E-state index in [2.05, 4.69) is 22.3 Å². The number of nitrogens with one attached hydrogen (secondary N) is 1. The SMILES string of the molecule is COc1ccc(N2CC(C(=O)NCCCN(C)c3ccccc3)CC2=O)cc1. The smallest absolute Gasteiger partial charge is 0.227 e. The van der Waals surface area contributed by atoms with Crippen molar-refractivity contribution in [3.05, 3.63) is 54.6 Å². The van der Waals surface area contributed by atoms with Crippen molar-refractivity contribution < 1.29 is 14.3 Å². The molecule has 0 aromatic heterocycles. The van der Waals surface area contributed by atoms with Crippen LogP contribution in [0.5, 0.6) is 5.75 Å². The molecule has 2 amide bonds. The number of anilines is 2. The molecule has 2 aromatic rings. The third kappa shape index (κ3) is 4.82. The maximum Gasteiger partial charge on any atom is 0.227 e. The number of methoxy groups -OCH3 is 1. The molecule has 1 fully saturated rings. The van der Waals surface area contributed by atoms with Gasteiger partial charge in [-0.2, -0.15) is 0 Å². The lowest BCUT2D eigenvalue weighted by molar-refractivity contribution is -0.126. The first kappa shape index (κ1) is 19.7. The fourth-order valence-electron chi connectivity index (χ4n) is 3.38. The number of hydrogen-bond donors (Lipinski definition) is 1. The lowest BCUT2D eigenvalue weighted by Gasteiger charge is -2.19. The van der Waals surface area contributed by atoms with E-state index >= 15 is 0 Å². The molecule has 1 unspecified atom stereocenters. The Kier molecular flexibility index (Phi) is 6.53. The molecule has 0 aliphatic carbocycles. The summed E-state index contributed by atoms with van der Waals surface area (Å²) in [6, 6.07) is 17.5. The second kappa shape index (κ2) is 9.26. The zero-order valence-electron chi connectivity index (χ0n) is 16.4. The Balaban J connectivity index is 1.44. The van der Waals surface area contributed by atoms with Gasteiger partial charge in [0.1, 0.15) is 5.75 Å². The topological polar surface area (TPSA) is 61.9 Å². The molecule has 1 aliphatic heterocycles. The average Bonchev–Trinajstić information content (AvgIpc) is 3.13. The number of ether oxygens (including phenoxy) is 1. The maximum atomic E-state index is 12.5. The van der Waals surface area contributed by atoms with Crippen LogP contribution in [0.3, 0.4) is 0 Å². The van der Waals surface area contributed by atoms with Gasteiger partial charge in [-0.1, -0.05) is 18.2 Å². The summed E-state index contributed by atoms with van der Waals surface area (Å²) in [6.45, 7) is 1.87. The molecule has 0 spiro atoms. The largest absolute Gasteiger partial charge is 0.497 e. The quantitative estimate of drug-likeness (QED) is 0.714. The molecule has 2 aromatic carbocycles. The highest BCUT2D eigenvalue weighted by atomic mass is 16.5. The van der Waals surface area contributed by atoms with Crippen molar-refractivity contribution in [1.29, 1.82) is 0 Å². The Morgan fingerprint density at radius 2 is 1.89 bits per heavy atom. The minimum atomic E-state index is -0.304. The standard InChI is InChI=1S/C22H27N3O3/c1-24(18-7-4-3-5-8-18)14-6-13-23-22(27)17-15-21(26)25(16-17)19-9-11-20(28-2)12-10-19/h3-5,7-12,17H,6,13-16H2,1-2H3,(H,23,27). The van der Waals surface area contributed by atoms with Gasteiger partial charge in [-0.05, 0) is 42.8 Å². The molecule has 148 valence electrons. The molecule has 28 heavy (non-hydrogen) atoms. The van der Waals surface area contributed by atoms with Crippen molar-refractivity contribution in [2.45, 2.75) is 12.8 Å². The number of rotatable bonds is 8. The molecule has 0 saturated carbocycles. The predicted octanol–water partition coefficient (Wildman–Crippen LogP) is 2.69. The number of para-hydroxylation sites is 1. The van der Waals surface area contributed by atoms with Gasteiger partial charge in [0.05, 0.1) is 13.0 Å². The molecule has 1 N–H and O–H groups in total. The number of benzene rings is 2. The van der Waals surface area contributed by atoms with Crippen molar-refractivity contribution in [3.8, 4) is 5.75 Å². The molecule has 3 rings (SSSR count). The van der Waals surface area contributed by atoms with E-state index in [1.165, 1.54) is 0 Å². The van der Waals surface area contributed by atoms with E-state index in [1.807, 2.05) is 49.5 Å². The van der Waals surface area contributed by atoms with E-state index in [9.17, 15) is 9.59 Å². The summed E-state index contributed by atoms with van der Waals surface area (Å²) in [6.07, 6.45) is 1.10. The average molecular weight is 381 g/mol. The molecule has 1 heterocycles. The van der Waals surface area contributed by atoms with Crippen LogP contribution in [0.25, 0.3) is 0 Å². The molecule has 6 heteroatoms. The zero-order valence-corrected chi connectivity index (χ0v) is 16.4. The van der Waals surface area contributed by atoms with Crippen LogP contribution in [0.4, 0.5) is 11.4 Å². The molecular weight excluding hydrogens is 354 g/mol. The van der Waals surface area contributed by atoms with Crippen LogP contribution in [0.1, 0.15) is 12.8 Å². The number of amides is 2. The van der Waals surface area contributed by atoms with Gasteiger partial charge in [0.15, 0.2) is 0 Å². The highest BCUT2D eigenvalue weighted by Gasteiger charge is 2.34. The molecule has 1 atom stereocenters. The number of carbonyl (C=O) groups excluding carboxylic acids is 2. The van der Waals surface area contributed by atoms with Gasteiger partial charge in [-0.3, -0.25) is 9.59 Å². The predicted molar refractivity (Wildman–Crippen MR) is 111 cm³/mol. The Morgan fingerprint density at radius 1 is 1.18 bits per heavy atom. The van der Waals surface area contributed by atoms with Crippen molar-refractivity contribution in [2.24, 2.45) is 5.92 Å². The van der Waals surface area contributed by atoms with Crippen molar-refractivity contribution in [3.63, 3.8) is 0 Å². The van der Waals surface area contributed by atoms with E-state index < -0.39 is 0 Å². The third-order valence-electron chi connectivity index (χ3n) is 5.05. The number of hydrogen-bond acceptors (Lipinski definition) is 4. The van der Waals surface area contributed by atoms with Crippen LogP contribution in [0.15, 0.2) is 54.6 Å². The highest BCUT2D eigenvalue weighted by molar-refractivity contribution is 6.00. The fraction of sp³-hybridized carbons (Fsp3) is 0.364. The lowest BCUT2D eigenvalue weighted by Crippen LogP contribution is -2.34. The Hall–Kier alpha value is -3.02. The van der Waals surface area contributed by atoms with Gasteiger partial charge in [-0.25, -0.2) is 0 Å². The van der Waals surface area contributed by atoms with Crippen LogP contribution >= 0.6 is 0 Å². The first-order valence-electron chi connectivity index (χ1n) is 9.57. The summed E-state index contributed by atoms with van der Waals surface area (Å²) in [4.78, 5) is 28.6. The van der Waals surface area contributed by atoms with Gasteiger partial charge >= 0.3 is 0 Å². The summed E-state index contributed by atoms with van der Waals surface area (Å²) < 4.78 is 5.15. The second-order valence-electron chi connectivity index (χ2n) is 7.01. The van der Waals surface area contributed by atoms with Gasteiger partial charge in [-0.15, -0.1) is 0 Å². The van der Waals surface area contributed by atoms with Crippen molar-refractivity contribution in [1.82, 2.24) is 5.32 Å². The Morgan fingerprint density at radius 3 is 2.57 bits per heavy atom. The molecule has 1 aliphatic rings. The summed E-state index contributed by atoms with van der Waals surface area (Å²) in [7, 11) is 3.65. The highest BCUT2D eigenvalue weighted by Crippen LogP contribution is 2.26. The summed E-state index contributed by atoms with van der Waals surface area (Å²) >= 11 is 0. The van der Waals surface area contributed by atoms with E-state index in [0.29, 0.717) is 13.1 Å². The van der Waals surface area contributed by atoms with Crippen LogP contribution < -0.4 is 19.9 Å². The maximum absolute atomic E-state index is 12.5. The third-order valence-corrected chi connectivity index (χ3v) is 5.05. The normalized spacial score (nSPS) is 16.1. The first-order valence-corrected chi connectivity index (χ1v) is 9.57. The summed E-state index contributed by atoms with van der Waals surface area (Å²) in [5.41, 5.74) is 1.95. The fourth-order valence-corrected chi connectivity index (χ4v) is 3.38. The van der Waals surface area contributed by atoms with Crippen LogP contribution in [-0.4, -0.2) is 45.6 Å². The number of carbonyl (C=O) groups is 2. The van der Waals surface area contributed by atoms with Gasteiger partial charge < -0.3 is 19.9 Å². The van der Waals surface area contributed by atoms with E-state index in [1.54, 1.807) is 12.0 Å². The molecule has 0 bridgehead atoms. The summed E-state index contributed by atoms with van der Waals surface area (Å²) in [5.74, 6) is 0.368. The van der Waals surface area contributed by atoms with Crippen LogP contribution in [0, 0.1) is 5.92 Å².